The van der Waals surface area contributed by atoms with E-state index in [1.54, 1.807) is 0 Å². The Labute approximate surface area is 203 Å². The van der Waals surface area contributed by atoms with E-state index in [1.165, 1.54) is 33.9 Å². The van der Waals surface area contributed by atoms with Gasteiger partial charge in [0.2, 0.25) is 5.69 Å². The minimum absolute atomic E-state index is 0.0433. The van der Waals surface area contributed by atoms with Gasteiger partial charge in [0.15, 0.2) is 5.71 Å². The molecule has 0 aromatic heterocycles. The predicted octanol–water partition coefficient (Wildman–Crippen LogP) is 6.58. The second-order valence-corrected chi connectivity index (χ2v) is 10.5. The lowest BCUT2D eigenvalue weighted by atomic mass is 9.81. The van der Waals surface area contributed by atoms with E-state index in [4.69, 9.17) is 5.11 Å². The van der Waals surface area contributed by atoms with Crippen LogP contribution in [0.4, 0.5) is 11.4 Å². The quantitative estimate of drug-likeness (QED) is 0.360. The van der Waals surface area contributed by atoms with Gasteiger partial charge in [0.1, 0.15) is 6.54 Å². The van der Waals surface area contributed by atoms with Gasteiger partial charge in [-0.15, -0.1) is 0 Å². The molecule has 4 nitrogen and oxygen atoms in total. The van der Waals surface area contributed by atoms with Gasteiger partial charge in [0.05, 0.1) is 5.41 Å². The lowest BCUT2D eigenvalue weighted by Crippen LogP contribution is -2.28. The number of allylic oxidation sites excluding steroid dienone is 4. The number of nitrogens with zero attached hydrogens (tertiary/aromatic N) is 2. The topological polar surface area (TPSA) is 43.5 Å². The highest BCUT2D eigenvalue weighted by atomic mass is 16.4. The summed E-state index contributed by atoms with van der Waals surface area (Å²) in [4.78, 5) is 13.2. The Morgan fingerprint density at radius 1 is 0.941 bits per heavy atom. The van der Waals surface area contributed by atoms with Crippen LogP contribution in [-0.2, 0) is 15.6 Å². The number of hydrogen-bond donors (Lipinski definition) is 1. The SMILES string of the molecule is CN1/C(=C\C=C\C2=[N+](CCCCCC(=O)O)c3ccccc3C2(C)C)C(C)(C)c2ccccc21. The van der Waals surface area contributed by atoms with Crippen molar-refractivity contribution >= 4 is 23.1 Å². The Morgan fingerprint density at radius 2 is 1.62 bits per heavy atom. The molecule has 2 aliphatic rings. The number of benzene rings is 2. The molecule has 34 heavy (non-hydrogen) atoms. The Bertz CT molecular complexity index is 1180. The highest BCUT2D eigenvalue weighted by molar-refractivity contribution is 6.03. The second-order valence-electron chi connectivity index (χ2n) is 10.5. The van der Waals surface area contributed by atoms with Crippen LogP contribution in [0.15, 0.2) is 72.5 Å². The van der Waals surface area contributed by atoms with Crippen molar-refractivity contribution in [3.8, 4) is 0 Å². The summed E-state index contributed by atoms with van der Waals surface area (Å²) < 4.78 is 2.43. The Morgan fingerprint density at radius 3 is 2.32 bits per heavy atom. The molecular formula is C30H37N2O2+. The average Bonchev–Trinajstić information content (AvgIpc) is 3.13. The summed E-state index contributed by atoms with van der Waals surface area (Å²) in [6.45, 7) is 10.1. The molecule has 0 atom stereocenters. The van der Waals surface area contributed by atoms with Gasteiger partial charge < -0.3 is 10.0 Å². The molecule has 4 rings (SSSR count). The van der Waals surface area contributed by atoms with Crippen LogP contribution in [0.2, 0.25) is 0 Å². The van der Waals surface area contributed by atoms with Crippen LogP contribution in [0.25, 0.3) is 0 Å². The van der Waals surface area contributed by atoms with Crippen LogP contribution in [0.1, 0.15) is 64.5 Å². The molecule has 2 heterocycles. The highest BCUT2D eigenvalue weighted by Crippen LogP contribution is 2.46. The molecule has 2 aromatic carbocycles. The van der Waals surface area contributed by atoms with E-state index < -0.39 is 5.97 Å². The van der Waals surface area contributed by atoms with Crippen LogP contribution < -0.4 is 4.90 Å². The summed E-state index contributed by atoms with van der Waals surface area (Å²) in [5.74, 6) is -0.710. The first-order valence-corrected chi connectivity index (χ1v) is 12.3. The molecule has 2 aliphatic heterocycles. The number of likely N-dealkylation sites (N-methyl/N-ethyl adjacent to an activating group) is 1. The van der Waals surface area contributed by atoms with Crippen molar-refractivity contribution < 1.29 is 14.5 Å². The predicted molar refractivity (Wildman–Crippen MR) is 140 cm³/mol. The zero-order valence-electron chi connectivity index (χ0n) is 21.1. The van der Waals surface area contributed by atoms with Gasteiger partial charge >= 0.3 is 5.97 Å². The van der Waals surface area contributed by atoms with Crippen LogP contribution in [-0.4, -0.2) is 35.0 Å². The van der Waals surface area contributed by atoms with Crippen molar-refractivity contribution in [2.45, 2.75) is 64.2 Å². The molecular weight excluding hydrogens is 420 g/mol. The van der Waals surface area contributed by atoms with Crippen molar-refractivity contribution in [3.63, 3.8) is 0 Å². The van der Waals surface area contributed by atoms with E-state index in [2.05, 4.69) is 111 Å². The first-order chi connectivity index (χ1) is 16.2. The summed E-state index contributed by atoms with van der Waals surface area (Å²) in [5, 5.41) is 8.93. The third-order valence-corrected chi connectivity index (χ3v) is 7.52. The van der Waals surface area contributed by atoms with Gasteiger partial charge in [-0.2, -0.15) is 4.58 Å². The number of rotatable bonds is 8. The van der Waals surface area contributed by atoms with Gasteiger partial charge in [-0.1, -0.05) is 56.3 Å². The molecule has 0 spiro atoms. The number of anilines is 1. The molecule has 0 saturated heterocycles. The fourth-order valence-electron chi connectivity index (χ4n) is 5.64. The summed E-state index contributed by atoms with van der Waals surface area (Å²) in [7, 11) is 2.15. The van der Waals surface area contributed by atoms with Gasteiger partial charge in [0, 0.05) is 54.4 Å². The van der Waals surface area contributed by atoms with E-state index in [9.17, 15) is 4.79 Å². The maximum atomic E-state index is 10.9. The first-order valence-electron chi connectivity index (χ1n) is 12.3. The Kier molecular flexibility index (Phi) is 6.53. The fourth-order valence-corrected chi connectivity index (χ4v) is 5.64. The van der Waals surface area contributed by atoms with E-state index in [-0.39, 0.29) is 17.3 Å². The number of carboxylic acid groups (broad SMARTS) is 1. The maximum absolute atomic E-state index is 10.9. The van der Waals surface area contributed by atoms with Gasteiger partial charge in [0.25, 0.3) is 0 Å². The Balaban J connectivity index is 1.63. The fraction of sp³-hybridized carbons (Fsp3) is 0.400. The number of fused-ring (bicyclic) bond motifs is 2. The molecule has 0 bridgehead atoms. The summed E-state index contributed by atoms with van der Waals surface area (Å²) in [6.07, 6.45) is 9.62. The van der Waals surface area contributed by atoms with Crippen LogP contribution in [0.5, 0.6) is 0 Å². The third kappa shape index (κ3) is 4.22. The molecule has 0 aliphatic carbocycles. The lowest BCUT2D eigenvalue weighted by molar-refractivity contribution is -0.438. The molecule has 1 N–H and O–H groups in total. The lowest BCUT2D eigenvalue weighted by Gasteiger charge is -2.23. The number of unbranched alkanes of at least 4 members (excludes halogenated alkanes) is 2. The maximum Gasteiger partial charge on any atom is 0.303 e. The van der Waals surface area contributed by atoms with E-state index in [1.807, 2.05) is 0 Å². The first kappa shape index (κ1) is 24.0. The minimum Gasteiger partial charge on any atom is -0.481 e. The Hall–Kier alpha value is -3.14. The van der Waals surface area contributed by atoms with Crippen molar-refractivity contribution in [2.75, 3.05) is 18.5 Å². The average molecular weight is 458 g/mol. The minimum atomic E-state index is -0.710. The van der Waals surface area contributed by atoms with Crippen LogP contribution in [0, 0.1) is 0 Å². The molecule has 4 heteroatoms. The largest absolute Gasteiger partial charge is 0.481 e. The molecule has 0 saturated carbocycles. The van der Waals surface area contributed by atoms with Crippen LogP contribution >= 0.6 is 0 Å². The zero-order chi connectivity index (χ0) is 24.5. The van der Waals surface area contributed by atoms with Gasteiger partial charge in [-0.3, -0.25) is 4.79 Å². The van der Waals surface area contributed by atoms with Crippen molar-refractivity contribution in [1.29, 1.82) is 0 Å². The molecule has 0 fully saturated rings. The van der Waals surface area contributed by atoms with E-state index in [0.29, 0.717) is 0 Å². The number of hydrogen-bond acceptors (Lipinski definition) is 2. The smallest absolute Gasteiger partial charge is 0.303 e. The molecule has 0 unspecified atom stereocenters. The molecule has 2 aromatic rings. The second kappa shape index (κ2) is 9.25. The third-order valence-electron chi connectivity index (χ3n) is 7.52. The summed E-state index contributed by atoms with van der Waals surface area (Å²) in [5.41, 5.74) is 7.70. The van der Waals surface area contributed by atoms with Crippen LogP contribution in [0.3, 0.4) is 0 Å². The number of aliphatic carboxylic acids is 1. The van der Waals surface area contributed by atoms with Crippen molar-refractivity contribution in [3.05, 3.63) is 83.6 Å². The van der Waals surface area contributed by atoms with Crippen molar-refractivity contribution in [1.82, 2.24) is 0 Å². The standard InChI is InChI=1S/C30H36N2O2/c1-29(2)22-14-8-10-16-24(22)31(5)26(29)18-13-19-27-30(3,4)23-15-9-11-17-25(23)32(27)21-12-6-7-20-28(33)34/h8-11,13-19H,6-7,12,20-21H2,1-5H3/p+1. The van der Waals surface area contributed by atoms with E-state index >= 15 is 0 Å². The number of carboxylic acids is 1. The van der Waals surface area contributed by atoms with Gasteiger partial charge in [-0.05, 0) is 44.4 Å². The zero-order valence-corrected chi connectivity index (χ0v) is 21.1. The number of para-hydroxylation sites is 2. The monoisotopic (exact) mass is 457 g/mol. The summed E-state index contributed by atoms with van der Waals surface area (Å²) >= 11 is 0. The van der Waals surface area contributed by atoms with Gasteiger partial charge in [-0.25, -0.2) is 0 Å². The molecule has 0 radical (unpaired) electrons. The summed E-state index contributed by atoms with van der Waals surface area (Å²) in [6, 6.07) is 17.3. The molecule has 0 amide bonds. The van der Waals surface area contributed by atoms with Crippen molar-refractivity contribution in [2.24, 2.45) is 0 Å². The van der Waals surface area contributed by atoms with E-state index in [0.717, 1.165) is 25.8 Å². The molecule has 178 valence electrons. The normalized spacial score (nSPS) is 19.2. The number of carbonyl (C=O) groups is 1. The highest BCUT2D eigenvalue weighted by Gasteiger charge is 2.44.